The third-order valence-corrected chi connectivity index (χ3v) is 8.21. The number of benzene rings is 1. The monoisotopic (exact) mass is 465 g/mol. The second-order valence-corrected chi connectivity index (χ2v) is 10.2. The van der Waals surface area contributed by atoms with E-state index >= 15 is 0 Å². The minimum atomic E-state index is -4.27. The molecule has 1 amide bonds. The summed E-state index contributed by atoms with van der Waals surface area (Å²) in [7, 11) is -3.70. The van der Waals surface area contributed by atoms with Crippen molar-refractivity contribution in [3.8, 4) is 0 Å². The number of sulfone groups is 1. The molecule has 0 aliphatic heterocycles. The molecule has 0 bridgehead atoms. The van der Waals surface area contributed by atoms with Crippen LogP contribution in [0, 0.1) is 5.92 Å². The predicted molar refractivity (Wildman–Crippen MR) is 112 cm³/mol. The highest BCUT2D eigenvalue weighted by Gasteiger charge is 2.43. The summed E-state index contributed by atoms with van der Waals surface area (Å²) in [6, 6.07) is 9.51. The van der Waals surface area contributed by atoms with Gasteiger partial charge in [-0.2, -0.15) is 13.2 Å². The van der Waals surface area contributed by atoms with Crippen molar-refractivity contribution in [3.05, 3.63) is 66.1 Å². The first-order chi connectivity index (χ1) is 15.1. The van der Waals surface area contributed by atoms with Gasteiger partial charge in [-0.05, 0) is 55.5 Å². The van der Waals surface area contributed by atoms with Gasteiger partial charge in [-0.3, -0.25) is 4.79 Å². The predicted octanol–water partition coefficient (Wildman–Crippen LogP) is 4.16. The molecule has 32 heavy (non-hydrogen) atoms. The molecule has 1 saturated carbocycles. The third kappa shape index (κ3) is 4.64. The smallest absolute Gasteiger partial charge is 0.348 e. The van der Waals surface area contributed by atoms with Gasteiger partial charge in [0, 0.05) is 25.1 Å². The van der Waals surface area contributed by atoms with Gasteiger partial charge in [-0.25, -0.2) is 13.4 Å². The normalized spacial score (nSPS) is 19.7. The fourth-order valence-electron chi connectivity index (χ4n) is 4.03. The zero-order valence-corrected chi connectivity index (χ0v) is 17.9. The Hall–Kier alpha value is -2.88. The summed E-state index contributed by atoms with van der Waals surface area (Å²) in [4.78, 5) is 16.6. The van der Waals surface area contributed by atoms with E-state index in [0.29, 0.717) is 11.1 Å². The number of hydrogen-bond acceptors (Lipinski definition) is 4. The lowest BCUT2D eigenvalue weighted by molar-refractivity contribution is -0.181. The van der Waals surface area contributed by atoms with Crippen molar-refractivity contribution < 1.29 is 26.4 Å². The summed E-state index contributed by atoms with van der Waals surface area (Å²) in [6.45, 7) is 0.206. The fourth-order valence-corrected chi connectivity index (χ4v) is 5.82. The number of imidazole rings is 1. The summed E-state index contributed by atoms with van der Waals surface area (Å²) in [5.41, 5.74) is 1.90. The number of halogens is 3. The molecule has 4 rings (SSSR count). The van der Waals surface area contributed by atoms with Gasteiger partial charge in [0.05, 0.1) is 21.6 Å². The molecule has 10 heteroatoms. The molecule has 2 aromatic heterocycles. The molecule has 0 radical (unpaired) electrons. The number of nitrogens with zero attached hydrogens (tertiary/aromatic N) is 2. The molecule has 3 aromatic rings. The summed E-state index contributed by atoms with van der Waals surface area (Å²) in [6.07, 6.45) is 0.448. The number of carbonyl (C=O) groups excluding carboxylic acids is 1. The van der Waals surface area contributed by atoms with E-state index in [-0.39, 0.29) is 43.0 Å². The zero-order valence-electron chi connectivity index (χ0n) is 17.0. The van der Waals surface area contributed by atoms with Gasteiger partial charge in [-0.15, -0.1) is 0 Å². The van der Waals surface area contributed by atoms with Crippen LogP contribution in [0.4, 0.5) is 13.2 Å². The molecule has 0 atom stereocenters. The SMILES string of the molecule is O=C(NCc1ccc(S(=O)(=O)C2CCC(C(F)(F)F)CC2)cc1)c1ccc2nccn2c1. The largest absolute Gasteiger partial charge is 0.391 e. The van der Waals surface area contributed by atoms with Crippen LogP contribution in [-0.4, -0.2) is 35.1 Å². The molecule has 0 saturated heterocycles. The number of rotatable bonds is 5. The lowest BCUT2D eigenvalue weighted by atomic mass is 9.88. The molecule has 1 aliphatic carbocycles. The number of pyridine rings is 1. The quantitative estimate of drug-likeness (QED) is 0.614. The molecule has 1 N–H and O–H groups in total. The van der Waals surface area contributed by atoms with Crippen molar-refractivity contribution >= 4 is 21.4 Å². The van der Waals surface area contributed by atoms with Gasteiger partial charge in [0.25, 0.3) is 5.91 Å². The van der Waals surface area contributed by atoms with Crippen LogP contribution in [0.15, 0.2) is 59.9 Å². The second kappa shape index (κ2) is 8.57. The summed E-state index contributed by atoms with van der Waals surface area (Å²) < 4.78 is 65.9. The average molecular weight is 465 g/mol. The van der Waals surface area contributed by atoms with Crippen LogP contribution in [-0.2, 0) is 16.4 Å². The van der Waals surface area contributed by atoms with Crippen LogP contribution in [0.3, 0.4) is 0 Å². The molecule has 1 fully saturated rings. The maximum absolute atomic E-state index is 12.8. The highest BCUT2D eigenvalue weighted by molar-refractivity contribution is 7.92. The highest BCUT2D eigenvalue weighted by atomic mass is 32.2. The number of alkyl halides is 3. The fraction of sp³-hybridized carbons (Fsp3) is 0.364. The van der Waals surface area contributed by atoms with Crippen molar-refractivity contribution in [1.29, 1.82) is 0 Å². The number of amides is 1. The molecule has 170 valence electrons. The standard InChI is InChI=1S/C22H22F3N3O3S/c23-22(24,25)17-4-8-19(9-5-17)32(30,31)18-6-1-15(2-7-18)13-27-21(29)16-3-10-20-26-11-12-28(20)14-16/h1-3,6-7,10-12,14,17,19H,4-5,8-9,13H2,(H,27,29). The van der Waals surface area contributed by atoms with Crippen molar-refractivity contribution in [2.75, 3.05) is 0 Å². The van der Waals surface area contributed by atoms with Crippen LogP contribution in [0.5, 0.6) is 0 Å². The molecule has 0 unspecified atom stereocenters. The number of hydrogen-bond donors (Lipinski definition) is 1. The Balaban J connectivity index is 1.36. The Bertz CT molecular complexity index is 1210. The molecule has 0 spiro atoms. The average Bonchev–Trinajstić information content (AvgIpc) is 3.25. The van der Waals surface area contributed by atoms with Gasteiger partial charge in [0.15, 0.2) is 9.84 Å². The summed E-state index contributed by atoms with van der Waals surface area (Å²) in [5.74, 6) is -1.70. The topological polar surface area (TPSA) is 80.5 Å². The minimum absolute atomic E-state index is 0.00553. The lowest BCUT2D eigenvalue weighted by Crippen LogP contribution is -2.33. The summed E-state index contributed by atoms with van der Waals surface area (Å²) in [5, 5.41) is 1.98. The van der Waals surface area contributed by atoms with Crippen molar-refractivity contribution in [1.82, 2.24) is 14.7 Å². The van der Waals surface area contributed by atoms with E-state index in [4.69, 9.17) is 0 Å². The molecule has 1 aliphatic rings. The zero-order chi connectivity index (χ0) is 22.9. The molecular formula is C22H22F3N3O3S. The second-order valence-electron chi connectivity index (χ2n) is 8.00. The lowest BCUT2D eigenvalue weighted by Gasteiger charge is -2.29. The van der Waals surface area contributed by atoms with Gasteiger partial charge >= 0.3 is 6.18 Å². The maximum Gasteiger partial charge on any atom is 0.391 e. The molecule has 1 aromatic carbocycles. The van der Waals surface area contributed by atoms with Crippen LogP contribution >= 0.6 is 0 Å². The number of nitrogens with one attached hydrogen (secondary N) is 1. The Morgan fingerprint density at radius 1 is 1.06 bits per heavy atom. The van der Waals surface area contributed by atoms with E-state index in [0.717, 1.165) is 5.65 Å². The number of carbonyl (C=O) groups is 1. The van der Waals surface area contributed by atoms with Gasteiger partial charge in [-0.1, -0.05) is 12.1 Å². The van der Waals surface area contributed by atoms with Crippen molar-refractivity contribution in [2.24, 2.45) is 5.92 Å². The van der Waals surface area contributed by atoms with E-state index < -0.39 is 27.2 Å². The Morgan fingerprint density at radius 3 is 2.41 bits per heavy atom. The van der Waals surface area contributed by atoms with E-state index in [2.05, 4.69) is 10.3 Å². The number of fused-ring (bicyclic) bond motifs is 1. The highest BCUT2D eigenvalue weighted by Crippen LogP contribution is 2.40. The maximum atomic E-state index is 12.8. The molecular weight excluding hydrogens is 443 g/mol. The van der Waals surface area contributed by atoms with Crippen molar-refractivity contribution in [2.45, 2.75) is 48.5 Å². The first kappa shape index (κ1) is 22.3. The van der Waals surface area contributed by atoms with E-state index in [9.17, 15) is 26.4 Å². The Kier molecular flexibility index (Phi) is 5.98. The van der Waals surface area contributed by atoms with Crippen LogP contribution < -0.4 is 5.32 Å². The van der Waals surface area contributed by atoms with E-state index in [1.54, 1.807) is 47.3 Å². The van der Waals surface area contributed by atoms with Gasteiger partial charge in [0.2, 0.25) is 0 Å². The summed E-state index contributed by atoms with van der Waals surface area (Å²) >= 11 is 0. The first-order valence-corrected chi connectivity index (χ1v) is 11.8. The Labute approximate surface area is 183 Å². The van der Waals surface area contributed by atoms with Crippen LogP contribution in [0.25, 0.3) is 5.65 Å². The first-order valence-electron chi connectivity index (χ1n) is 10.2. The minimum Gasteiger partial charge on any atom is -0.348 e. The van der Waals surface area contributed by atoms with Crippen LogP contribution in [0.2, 0.25) is 0 Å². The molecule has 6 nitrogen and oxygen atoms in total. The van der Waals surface area contributed by atoms with Crippen LogP contribution in [0.1, 0.15) is 41.6 Å². The van der Waals surface area contributed by atoms with E-state index in [1.807, 2.05) is 0 Å². The van der Waals surface area contributed by atoms with Gasteiger partial charge < -0.3 is 9.72 Å². The third-order valence-electron chi connectivity index (χ3n) is 5.93. The Morgan fingerprint density at radius 2 is 1.75 bits per heavy atom. The van der Waals surface area contributed by atoms with Gasteiger partial charge in [0.1, 0.15) is 5.65 Å². The van der Waals surface area contributed by atoms with Crippen molar-refractivity contribution in [3.63, 3.8) is 0 Å². The number of aromatic nitrogens is 2. The van der Waals surface area contributed by atoms with E-state index in [1.165, 1.54) is 12.1 Å². The molecule has 2 heterocycles.